The van der Waals surface area contributed by atoms with Crippen LogP contribution in [0.25, 0.3) is 0 Å². The topological polar surface area (TPSA) is 96.7 Å². The van der Waals surface area contributed by atoms with Gasteiger partial charge in [-0.1, -0.05) is 0 Å². The van der Waals surface area contributed by atoms with Crippen LogP contribution < -0.4 is 24.8 Å². The van der Waals surface area contributed by atoms with Crippen molar-refractivity contribution in [3.05, 3.63) is 102 Å². The quantitative estimate of drug-likeness (QED) is 0.109. The molecule has 0 fully saturated rings. The van der Waals surface area contributed by atoms with Gasteiger partial charge >= 0.3 is 0 Å². The van der Waals surface area contributed by atoms with Crippen molar-refractivity contribution in [2.45, 2.75) is 44.4 Å². The van der Waals surface area contributed by atoms with Crippen molar-refractivity contribution in [1.82, 2.24) is 10.6 Å². The maximum absolute atomic E-state index is 9.79. The number of azo groups is 1. The van der Waals surface area contributed by atoms with Crippen LogP contribution in [0, 0.1) is 14.3 Å². The Morgan fingerprint density at radius 3 is 1.48 bits per heavy atom. The van der Waals surface area contributed by atoms with Gasteiger partial charge in [0.05, 0.1) is 27.9 Å². The molecule has 4 aromatic carbocycles. The second-order valence-electron chi connectivity index (χ2n) is 11.9. The predicted octanol–water partition coefficient (Wildman–Crippen LogP) is 8.90. The highest BCUT2D eigenvalue weighted by atomic mass is 127. The lowest BCUT2D eigenvalue weighted by molar-refractivity contribution is 0.273. The molecular weight excluding hydrogens is 1060 g/mol. The minimum absolute atomic E-state index is 0.0253. The van der Waals surface area contributed by atoms with Crippen molar-refractivity contribution in [1.29, 1.82) is 0 Å². The number of hydrogen-bond donors (Lipinski definition) is 3. The zero-order valence-electron chi connectivity index (χ0n) is 26.8. The van der Waals surface area contributed by atoms with E-state index in [9.17, 15) is 5.11 Å². The number of methoxy groups -OCH3 is 3. The van der Waals surface area contributed by atoms with Crippen LogP contribution in [-0.2, 0) is 32.3 Å². The van der Waals surface area contributed by atoms with E-state index in [4.69, 9.17) is 24.4 Å². The number of ether oxygens (including phenoxy) is 3. The SMILES string of the molecule is COc1cc2c(cc1CO)CCNC2Cc1cc(I)c(N=Nc2c(I)cc(CC3NCCc4cc(OC)c(OC)cc43)cc2I)c(I)c1. The Morgan fingerprint density at radius 1 is 0.625 bits per heavy atom. The lowest BCUT2D eigenvalue weighted by Crippen LogP contribution is -2.31. The van der Waals surface area contributed by atoms with Gasteiger partial charge in [0.1, 0.15) is 17.1 Å². The highest BCUT2D eigenvalue weighted by Crippen LogP contribution is 2.39. The molecule has 2 heterocycles. The average Bonchev–Trinajstić information content (AvgIpc) is 3.07. The number of halogens is 4. The summed E-state index contributed by atoms with van der Waals surface area (Å²) in [4.78, 5) is 0. The molecule has 0 saturated carbocycles. The molecule has 6 rings (SSSR count). The van der Waals surface area contributed by atoms with Crippen molar-refractivity contribution < 1.29 is 19.3 Å². The Labute approximate surface area is 336 Å². The van der Waals surface area contributed by atoms with E-state index in [0.717, 1.165) is 87.2 Å². The Morgan fingerprint density at radius 2 is 1.04 bits per heavy atom. The van der Waals surface area contributed by atoms with E-state index >= 15 is 0 Å². The van der Waals surface area contributed by atoms with Crippen LogP contribution in [0.3, 0.4) is 0 Å². The lowest BCUT2D eigenvalue weighted by atomic mass is 9.88. The predicted molar refractivity (Wildman–Crippen MR) is 223 cm³/mol. The zero-order valence-corrected chi connectivity index (χ0v) is 35.4. The van der Waals surface area contributed by atoms with Crippen LogP contribution in [0.4, 0.5) is 11.4 Å². The second-order valence-corrected chi connectivity index (χ2v) is 16.5. The third-order valence-corrected chi connectivity index (χ3v) is 12.3. The van der Waals surface area contributed by atoms with Gasteiger partial charge in [-0.2, -0.15) is 0 Å². The molecule has 12 heteroatoms. The molecule has 48 heavy (non-hydrogen) atoms. The standard InChI is InChI=1S/C36H36I4N4O4/c1-46-32-16-24-21(14-23(32)18-45)4-6-41-30(24)12-19-8-26(37)35(27(38)9-19)43-44-36-28(39)10-20(11-29(36)40)13-31-25-17-34(48-3)33(47-2)15-22(25)5-7-42-31/h8-11,14-17,30-31,41-42,45H,4-7,12-13,18H2,1-3H3. The van der Waals surface area contributed by atoms with Crippen LogP contribution in [0.1, 0.15) is 51.0 Å². The molecule has 0 aromatic heterocycles. The highest BCUT2D eigenvalue weighted by molar-refractivity contribution is 14.1. The normalized spacial score (nSPS) is 17.2. The summed E-state index contributed by atoms with van der Waals surface area (Å²) in [7, 11) is 5.03. The summed E-state index contributed by atoms with van der Waals surface area (Å²) in [6, 6.07) is 17.6. The van der Waals surface area contributed by atoms with E-state index in [1.165, 1.54) is 33.4 Å². The minimum Gasteiger partial charge on any atom is -0.496 e. The largest absolute Gasteiger partial charge is 0.496 e. The molecule has 0 radical (unpaired) electrons. The van der Waals surface area contributed by atoms with Crippen LogP contribution in [0.5, 0.6) is 17.2 Å². The fourth-order valence-electron chi connectivity index (χ4n) is 6.60. The van der Waals surface area contributed by atoms with Crippen molar-refractivity contribution in [2.24, 2.45) is 10.2 Å². The van der Waals surface area contributed by atoms with E-state index in [-0.39, 0.29) is 18.7 Å². The molecule has 2 unspecified atom stereocenters. The fraction of sp³-hybridized carbons (Fsp3) is 0.333. The first-order valence-electron chi connectivity index (χ1n) is 15.6. The number of rotatable bonds is 10. The van der Waals surface area contributed by atoms with Gasteiger partial charge in [0.2, 0.25) is 0 Å². The Balaban J connectivity index is 1.19. The first-order valence-corrected chi connectivity index (χ1v) is 19.9. The van der Waals surface area contributed by atoms with E-state index in [2.05, 4.69) is 150 Å². The van der Waals surface area contributed by atoms with E-state index < -0.39 is 0 Å². The Kier molecular flexibility index (Phi) is 12.4. The van der Waals surface area contributed by atoms with Gasteiger partial charge in [0.25, 0.3) is 0 Å². The smallest absolute Gasteiger partial charge is 0.161 e. The number of hydrogen-bond acceptors (Lipinski definition) is 8. The fourth-order valence-corrected chi connectivity index (χ4v) is 10.8. The Bertz CT molecular complexity index is 1690. The molecule has 0 aliphatic carbocycles. The summed E-state index contributed by atoms with van der Waals surface area (Å²) >= 11 is 9.52. The molecular formula is C36H36I4N4O4. The summed E-state index contributed by atoms with van der Waals surface area (Å²) in [6.07, 6.45) is 3.60. The summed E-state index contributed by atoms with van der Waals surface area (Å²) in [5.74, 6) is 2.27. The molecule has 3 N–H and O–H groups in total. The number of benzene rings is 4. The number of nitrogens with one attached hydrogen (secondary N) is 2. The summed E-state index contributed by atoms with van der Waals surface area (Å²) in [5, 5.41) is 26.7. The van der Waals surface area contributed by atoms with Gasteiger partial charge in [-0.3, -0.25) is 0 Å². The first kappa shape index (κ1) is 36.5. The lowest BCUT2D eigenvalue weighted by Gasteiger charge is -2.28. The van der Waals surface area contributed by atoms with Crippen LogP contribution >= 0.6 is 90.4 Å². The van der Waals surface area contributed by atoms with Crippen molar-refractivity contribution in [3.63, 3.8) is 0 Å². The number of nitrogens with zero attached hydrogens (tertiary/aromatic N) is 2. The minimum atomic E-state index is -0.0253. The summed E-state index contributed by atoms with van der Waals surface area (Å²) in [5.41, 5.74) is 10.2. The molecule has 2 aliphatic rings. The van der Waals surface area contributed by atoms with Crippen LogP contribution in [0.15, 0.2) is 58.8 Å². The maximum atomic E-state index is 9.79. The number of aliphatic hydroxyl groups is 1. The van der Waals surface area contributed by atoms with E-state index in [0.29, 0.717) is 0 Å². The summed E-state index contributed by atoms with van der Waals surface area (Å²) < 4.78 is 21.0. The van der Waals surface area contributed by atoms with Gasteiger partial charge in [0, 0.05) is 31.9 Å². The molecule has 0 amide bonds. The Hall–Kier alpha value is -1.32. The average molecular weight is 1100 g/mol. The first-order chi connectivity index (χ1) is 23.2. The zero-order chi connectivity index (χ0) is 33.9. The van der Waals surface area contributed by atoms with E-state index in [1.807, 2.05) is 0 Å². The molecule has 0 bridgehead atoms. The molecule has 0 spiro atoms. The van der Waals surface area contributed by atoms with Crippen LogP contribution in [0.2, 0.25) is 0 Å². The monoisotopic (exact) mass is 1100 g/mol. The second kappa shape index (κ2) is 16.4. The number of aliphatic hydroxyl groups excluding tert-OH is 1. The van der Waals surface area contributed by atoms with Gasteiger partial charge in [-0.15, -0.1) is 10.2 Å². The van der Waals surface area contributed by atoms with Crippen LogP contribution in [-0.4, -0.2) is 39.5 Å². The van der Waals surface area contributed by atoms with Crippen molar-refractivity contribution in [2.75, 3.05) is 34.4 Å². The van der Waals surface area contributed by atoms with Gasteiger partial charge in [0.15, 0.2) is 11.5 Å². The maximum Gasteiger partial charge on any atom is 0.161 e. The molecule has 8 nitrogen and oxygen atoms in total. The molecule has 252 valence electrons. The third-order valence-electron chi connectivity index (χ3n) is 8.96. The molecule has 2 aliphatic heterocycles. The summed E-state index contributed by atoms with van der Waals surface area (Å²) in [6.45, 7) is 1.80. The van der Waals surface area contributed by atoms with Crippen molar-refractivity contribution in [3.8, 4) is 17.2 Å². The third kappa shape index (κ3) is 7.93. The number of fused-ring (bicyclic) bond motifs is 2. The van der Waals surface area contributed by atoms with Crippen molar-refractivity contribution >= 4 is 102 Å². The van der Waals surface area contributed by atoms with Gasteiger partial charge in [-0.25, -0.2) is 0 Å². The van der Waals surface area contributed by atoms with Gasteiger partial charge in [-0.05, 0) is 211 Å². The van der Waals surface area contributed by atoms with E-state index in [1.54, 1.807) is 21.3 Å². The molecule has 4 aromatic rings. The molecule has 2 atom stereocenters. The highest BCUT2D eigenvalue weighted by Gasteiger charge is 2.25. The van der Waals surface area contributed by atoms with Gasteiger partial charge < -0.3 is 30.0 Å². The molecule has 0 saturated heterocycles.